The molecule has 2 amide bonds. The van der Waals surface area contributed by atoms with Gasteiger partial charge in [0.25, 0.3) is 5.91 Å². The van der Waals surface area contributed by atoms with Gasteiger partial charge in [-0.1, -0.05) is 29.5 Å². The third-order valence-corrected chi connectivity index (χ3v) is 5.49. The number of nitrogens with zero attached hydrogens (tertiary/aromatic N) is 5. The van der Waals surface area contributed by atoms with Crippen molar-refractivity contribution in [1.82, 2.24) is 35.6 Å². The van der Waals surface area contributed by atoms with Crippen LogP contribution >= 0.6 is 0 Å². The Bertz CT molecular complexity index is 1510. The third-order valence-electron chi connectivity index (χ3n) is 5.49. The number of carbonyl (C=O) groups excluding carboxylic acids is 2. The molecule has 3 aromatic heterocycles. The highest BCUT2D eigenvalue weighted by Gasteiger charge is 2.11. The van der Waals surface area contributed by atoms with Gasteiger partial charge < -0.3 is 10.6 Å². The maximum atomic E-state index is 12.2. The Morgan fingerprint density at radius 3 is 2.62 bits per heavy atom. The summed E-state index contributed by atoms with van der Waals surface area (Å²) in [7, 11) is 1.52. The third kappa shape index (κ3) is 4.31. The molecule has 9 heteroatoms. The van der Waals surface area contributed by atoms with E-state index in [1.165, 1.54) is 7.05 Å². The van der Waals surface area contributed by atoms with Gasteiger partial charge in [-0.15, -0.1) is 5.10 Å². The van der Waals surface area contributed by atoms with Crippen LogP contribution in [0.25, 0.3) is 33.3 Å². The van der Waals surface area contributed by atoms with E-state index >= 15 is 0 Å². The van der Waals surface area contributed by atoms with Crippen LogP contribution in [0.15, 0.2) is 72.9 Å². The molecule has 0 aliphatic heterocycles. The summed E-state index contributed by atoms with van der Waals surface area (Å²) >= 11 is 0. The number of carbonyl (C=O) groups is 2. The molecule has 0 aliphatic rings. The van der Waals surface area contributed by atoms with Crippen LogP contribution < -0.4 is 10.6 Å². The van der Waals surface area contributed by atoms with Crippen LogP contribution in [0.1, 0.15) is 15.9 Å². The van der Waals surface area contributed by atoms with Crippen LogP contribution in [-0.4, -0.2) is 50.4 Å². The fourth-order valence-electron chi connectivity index (χ4n) is 3.66. The van der Waals surface area contributed by atoms with Crippen LogP contribution in [0.2, 0.25) is 0 Å². The first-order valence-corrected chi connectivity index (χ1v) is 10.7. The zero-order valence-corrected chi connectivity index (χ0v) is 18.4. The van der Waals surface area contributed by atoms with Crippen molar-refractivity contribution in [1.29, 1.82) is 0 Å². The molecule has 0 saturated carbocycles. The molecule has 34 heavy (non-hydrogen) atoms. The van der Waals surface area contributed by atoms with E-state index in [1.807, 2.05) is 48.5 Å². The molecule has 0 atom stereocenters. The normalized spacial score (nSPS) is 11.0. The number of benzene rings is 2. The quantitative estimate of drug-likeness (QED) is 0.410. The van der Waals surface area contributed by atoms with Gasteiger partial charge in [0.1, 0.15) is 5.52 Å². The van der Waals surface area contributed by atoms with E-state index in [0.29, 0.717) is 23.3 Å². The number of hydrogen-bond donors (Lipinski definition) is 2. The maximum Gasteiger partial charge on any atom is 0.251 e. The summed E-state index contributed by atoms with van der Waals surface area (Å²) in [5.74, 6) is -0.570. The molecule has 0 unspecified atom stereocenters. The van der Waals surface area contributed by atoms with Gasteiger partial charge in [-0.25, -0.2) is 9.67 Å². The molecule has 0 spiro atoms. The fourth-order valence-corrected chi connectivity index (χ4v) is 3.66. The first-order chi connectivity index (χ1) is 16.6. The summed E-state index contributed by atoms with van der Waals surface area (Å²) in [6, 6.07) is 20.9. The minimum absolute atomic E-state index is 0.0694. The summed E-state index contributed by atoms with van der Waals surface area (Å²) in [4.78, 5) is 32.7. The van der Waals surface area contributed by atoms with Crippen LogP contribution in [0.3, 0.4) is 0 Å². The second-order valence-corrected chi connectivity index (χ2v) is 7.75. The number of likely N-dealkylation sites (N-methyl/N-ethyl adjacent to an activating group) is 1. The SMILES string of the molecule is CNC(=O)CNC(=O)c1ccc(-c2ccc3nnn(Cc4ccc5ncccc5c4)c3n2)cc1. The van der Waals surface area contributed by atoms with Crippen LogP contribution in [-0.2, 0) is 11.3 Å². The molecule has 0 fully saturated rings. The molecule has 2 N–H and O–H groups in total. The summed E-state index contributed by atoms with van der Waals surface area (Å²) in [5.41, 5.74) is 5.47. The lowest BCUT2D eigenvalue weighted by Gasteiger charge is -2.07. The second-order valence-electron chi connectivity index (χ2n) is 7.75. The molecule has 0 aliphatic carbocycles. The van der Waals surface area contributed by atoms with Gasteiger partial charge in [0, 0.05) is 29.8 Å². The summed E-state index contributed by atoms with van der Waals surface area (Å²) in [5, 5.41) is 14.6. The number of hydrogen-bond acceptors (Lipinski definition) is 6. The number of rotatable bonds is 6. The number of amides is 2. The highest BCUT2D eigenvalue weighted by atomic mass is 16.2. The highest BCUT2D eigenvalue weighted by Crippen LogP contribution is 2.22. The van der Waals surface area contributed by atoms with Gasteiger partial charge in [0.2, 0.25) is 5.91 Å². The highest BCUT2D eigenvalue weighted by molar-refractivity contribution is 5.96. The Labute approximate surface area is 194 Å². The minimum Gasteiger partial charge on any atom is -0.358 e. The number of pyridine rings is 2. The van der Waals surface area contributed by atoms with Crippen molar-refractivity contribution in [2.24, 2.45) is 0 Å². The van der Waals surface area contributed by atoms with Gasteiger partial charge >= 0.3 is 0 Å². The number of fused-ring (bicyclic) bond motifs is 2. The average Bonchev–Trinajstić information content (AvgIpc) is 3.28. The van der Waals surface area contributed by atoms with E-state index in [-0.39, 0.29) is 18.4 Å². The predicted octanol–water partition coefficient (Wildman–Crippen LogP) is 2.57. The lowest BCUT2D eigenvalue weighted by molar-refractivity contribution is -0.119. The molecular formula is C25H21N7O2. The Morgan fingerprint density at radius 1 is 0.971 bits per heavy atom. The Morgan fingerprint density at radius 2 is 1.79 bits per heavy atom. The van der Waals surface area contributed by atoms with E-state index < -0.39 is 0 Å². The standard InChI is InChI=1S/C25H21N7O2/c1-26-23(33)14-28-25(34)18-7-5-17(6-8-18)21-10-11-22-24(29-21)32(31-30-22)15-16-4-9-20-19(13-16)3-2-12-27-20/h2-13H,14-15H2,1H3,(H,26,33)(H,28,34). The molecule has 168 valence electrons. The monoisotopic (exact) mass is 451 g/mol. The van der Waals surface area contributed by atoms with Crippen molar-refractivity contribution < 1.29 is 9.59 Å². The van der Waals surface area contributed by atoms with Gasteiger partial charge in [0.15, 0.2) is 5.65 Å². The molecule has 5 aromatic rings. The van der Waals surface area contributed by atoms with Crippen molar-refractivity contribution in [3.8, 4) is 11.3 Å². The first kappa shape index (κ1) is 21.2. The lowest BCUT2D eigenvalue weighted by atomic mass is 10.1. The van der Waals surface area contributed by atoms with Crippen LogP contribution in [0, 0.1) is 0 Å². The van der Waals surface area contributed by atoms with Crippen molar-refractivity contribution in [3.05, 3.63) is 84.1 Å². The van der Waals surface area contributed by atoms with Gasteiger partial charge in [0.05, 0.1) is 24.3 Å². The summed E-state index contributed by atoms with van der Waals surface area (Å²) in [6.07, 6.45) is 1.78. The smallest absolute Gasteiger partial charge is 0.251 e. The van der Waals surface area contributed by atoms with Crippen molar-refractivity contribution >= 4 is 33.9 Å². The fraction of sp³-hybridized carbons (Fsp3) is 0.120. The van der Waals surface area contributed by atoms with Gasteiger partial charge in [-0.05, 0) is 48.0 Å². The molecule has 0 bridgehead atoms. The Balaban J connectivity index is 1.38. The van der Waals surface area contributed by atoms with E-state index in [2.05, 4.69) is 32.0 Å². The first-order valence-electron chi connectivity index (χ1n) is 10.7. The zero-order chi connectivity index (χ0) is 23.5. The topological polar surface area (TPSA) is 115 Å². The number of nitrogens with one attached hydrogen (secondary N) is 2. The average molecular weight is 451 g/mol. The lowest BCUT2D eigenvalue weighted by Crippen LogP contribution is -2.35. The molecule has 3 heterocycles. The minimum atomic E-state index is -0.313. The van der Waals surface area contributed by atoms with E-state index in [9.17, 15) is 9.59 Å². The number of aromatic nitrogens is 5. The van der Waals surface area contributed by atoms with Gasteiger partial charge in [-0.2, -0.15) is 0 Å². The van der Waals surface area contributed by atoms with E-state index in [1.54, 1.807) is 23.0 Å². The molecule has 5 rings (SSSR count). The van der Waals surface area contributed by atoms with Crippen LogP contribution in [0.5, 0.6) is 0 Å². The molecule has 0 saturated heterocycles. The predicted molar refractivity (Wildman–Crippen MR) is 128 cm³/mol. The summed E-state index contributed by atoms with van der Waals surface area (Å²) < 4.78 is 1.77. The Hall–Kier alpha value is -4.66. The van der Waals surface area contributed by atoms with E-state index in [0.717, 1.165) is 27.7 Å². The molecular weight excluding hydrogens is 430 g/mol. The maximum absolute atomic E-state index is 12.2. The van der Waals surface area contributed by atoms with Crippen LogP contribution in [0.4, 0.5) is 0 Å². The van der Waals surface area contributed by atoms with Crippen molar-refractivity contribution in [3.63, 3.8) is 0 Å². The van der Waals surface area contributed by atoms with E-state index in [4.69, 9.17) is 4.98 Å². The molecule has 9 nitrogen and oxygen atoms in total. The molecule has 2 aromatic carbocycles. The largest absolute Gasteiger partial charge is 0.358 e. The van der Waals surface area contributed by atoms with Gasteiger partial charge in [-0.3, -0.25) is 14.6 Å². The molecule has 0 radical (unpaired) electrons. The second kappa shape index (κ2) is 9.07. The zero-order valence-electron chi connectivity index (χ0n) is 18.4. The van der Waals surface area contributed by atoms with Crippen molar-refractivity contribution in [2.75, 3.05) is 13.6 Å². The Kier molecular flexibility index (Phi) is 5.65. The summed E-state index contributed by atoms with van der Waals surface area (Å²) in [6.45, 7) is 0.461. The van der Waals surface area contributed by atoms with Crippen molar-refractivity contribution in [2.45, 2.75) is 6.54 Å².